The third-order valence-corrected chi connectivity index (χ3v) is 3.47. The first-order valence-electron chi connectivity index (χ1n) is 6.14. The van der Waals surface area contributed by atoms with Crippen molar-refractivity contribution in [1.82, 2.24) is 4.90 Å². The standard InChI is InChI=1S/C14H23FN2O/c1-10(16)13(17(4)14(2,3)9-18)11-5-7-12(15)8-6-11/h5-8,10,13,18H,9,16H2,1-4H3. The molecule has 0 saturated heterocycles. The Morgan fingerprint density at radius 1 is 1.33 bits per heavy atom. The fraction of sp³-hybridized carbons (Fsp3) is 0.571. The molecule has 4 heteroatoms. The molecular weight excluding hydrogens is 231 g/mol. The van der Waals surface area contributed by atoms with Crippen LogP contribution in [0.1, 0.15) is 32.4 Å². The molecule has 0 aromatic heterocycles. The molecule has 0 aliphatic heterocycles. The Kier molecular flexibility index (Phi) is 4.85. The number of likely N-dealkylation sites (N-methyl/N-ethyl adjacent to an activating group) is 1. The van der Waals surface area contributed by atoms with E-state index in [4.69, 9.17) is 5.73 Å². The molecule has 1 aromatic carbocycles. The minimum atomic E-state index is -0.382. The Hall–Kier alpha value is -0.970. The quantitative estimate of drug-likeness (QED) is 0.844. The van der Waals surface area contributed by atoms with E-state index in [0.717, 1.165) is 5.56 Å². The second kappa shape index (κ2) is 5.78. The normalized spacial score (nSPS) is 15.8. The number of hydrogen-bond acceptors (Lipinski definition) is 3. The van der Waals surface area contributed by atoms with Crippen LogP contribution in [0, 0.1) is 5.82 Å². The van der Waals surface area contributed by atoms with Gasteiger partial charge in [-0.2, -0.15) is 0 Å². The average Bonchev–Trinajstić information content (AvgIpc) is 2.31. The lowest BCUT2D eigenvalue weighted by molar-refractivity contribution is 0.0370. The van der Waals surface area contributed by atoms with Crippen LogP contribution in [0.5, 0.6) is 0 Å². The van der Waals surface area contributed by atoms with Gasteiger partial charge in [-0.1, -0.05) is 12.1 Å². The monoisotopic (exact) mass is 254 g/mol. The van der Waals surface area contributed by atoms with Crippen LogP contribution in [-0.4, -0.2) is 35.2 Å². The molecule has 0 heterocycles. The molecule has 102 valence electrons. The number of aliphatic hydroxyl groups excluding tert-OH is 1. The van der Waals surface area contributed by atoms with E-state index in [-0.39, 0.29) is 30.0 Å². The van der Waals surface area contributed by atoms with Crippen LogP contribution >= 0.6 is 0 Å². The van der Waals surface area contributed by atoms with Gasteiger partial charge in [-0.25, -0.2) is 4.39 Å². The summed E-state index contributed by atoms with van der Waals surface area (Å²) < 4.78 is 13.0. The summed E-state index contributed by atoms with van der Waals surface area (Å²) >= 11 is 0. The Morgan fingerprint density at radius 3 is 2.22 bits per heavy atom. The molecule has 0 spiro atoms. The Labute approximate surface area is 108 Å². The van der Waals surface area contributed by atoms with Gasteiger partial charge in [0.1, 0.15) is 5.82 Å². The summed E-state index contributed by atoms with van der Waals surface area (Å²) in [5.41, 5.74) is 6.61. The fourth-order valence-electron chi connectivity index (χ4n) is 2.03. The van der Waals surface area contributed by atoms with Crippen LogP contribution in [0.25, 0.3) is 0 Å². The van der Waals surface area contributed by atoms with Gasteiger partial charge in [-0.3, -0.25) is 4.90 Å². The number of aliphatic hydroxyl groups is 1. The van der Waals surface area contributed by atoms with Crippen molar-refractivity contribution in [2.75, 3.05) is 13.7 Å². The van der Waals surface area contributed by atoms with Gasteiger partial charge in [0, 0.05) is 17.6 Å². The second-order valence-electron chi connectivity index (χ2n) is 5.44. The predicted octanol–water partition coefficient (Wildman–Crippen LogP) is 1.92. The third kappa shape index (κ3) is 3.28. The molecule has 0 bridgehead atoms. The summed E-state index contributed by atoms with van der Waals surface area (Å²) in [6, 6.07) is 6.18. The van der Waals surface area contributed by atoms with Gasteiger partial charge in [0.25, 0.3) is 0 Å². The number of benzene rings is 1. The lowest BCUT2D eigenvalue weighted by Gasteiger charge is -2.42. The maximum absolute atomic E-state index is 13.0. The Bertz CT molecular complexity index is 376. The highest BCUT2D eigenvalue weighted by molar-refractivity contribution is 5.22. The zero-order valence-corrected chi connectivity index (χ0v) is 11.5. The minimum Gasteiger partial charge on any atom is -0.394 e. The topological polar surface area (TPSA) is 49.5 Å². The van der Waals surface area contributed by atoms with E-state index in [1.54, 1.807) is 12.1 Å². The second-order valence-corrected chi connectivity index (χ2v) is 5.44. The SMILES string of the molecule is CC(N)C(c1ccc(F)cc1)N(C)C(C)(C)CO. The van der Waals surface area contributed by atoms with Crippen molar-refractivity contribution in [3.05, 3.63) is 35.6 Å². The molecule has 18 heavy (non-hydrogen) atoms. The lowest BCUT2D eigenvalue weighted by Crippen LogP contribution is -2.50. The van der Waals surface area contributed by atoms with Gasteiger partial charge in [0.05, 0.1) is 6.61 Å². The molecule has 1 rings (SSSR count). The summed E-state index contributed by atoms with van der Waals surface area (Å²) in [7, 11) is 1.92. The largest absolute Gasteiger partial charge is 0.394 e. The number of nitrogens with two attached hydrogens (primary N) is 1. The molecular formula is C14H23FN2O. The number of rotatable bonds is 5. The summed E-state index contributed by atoms with van der Waals surface area (Å²) in [6.07, 6.45) is 0. The zero-order chi connectivity index (χ0) is 13.9. The molecule has 3 N–H and O–H groups in total. The highest BCUT2D eigenvalue weighted by Crippen LogP contribution is 2.28. The van der Waals surface area contributed by atoms with Crippen molar-refractivity contribution in [2.24, 2.45) is 5.73 Å². The molecule has 0 aliphatic rings. The summed E-state index contributed by atoms with van der Waals surface area (Å²) in [6.45, 7) is 5.85. The third-order valence-electron chi connectivity index (χ3n) is 3.47. The average molecular weight is 254 g/mol. The van der Waals surface area contributed by atoms with Crippen LogP contribution in [0.4, 0.5) is 4.39 Å². The van der Waals surface area contributed by atoms with E-state index < -0.39 is 0 Å². The van der Waals surface area contributed by atoms with Crippen LogP contribution in [0.2, 0.25) is 0 Å². The summed E-state index contributed by atoms with van der Waals surface area (Å²) in [4.78, 5) is 2.03. The van der Waals surface area contributed by atoms with Crippen molar-refractivity contribution in [3.8, 4) is 0 Å². The van der Waals surface area contributed by atoms with E-state index in [9.17, 15) is 9.50 Å². The van der Waals surface area contributed by atoms with Gasteiger partial charge in [-0.05, 0) is 45.5 Å². The summed E-state index contributed by atoms with van der Waals surface area (Å²) in [5.74, 6) is -0.258. The molecule has 2 unspecified atom stereocenters. The number of halogens is 1. The highest BCUT2D eigenvalue weighted by Gasteiger charge is 2.31. The maximum Gasteiger partial charge on any atom is 0.123 e. The Morgan fingerprint density at radius 2 is 1.83 bits per heavy atom. The number of hydrogen-bond donors (Lipinski definition) is 2. The maximum atomic E-state index is 13.0. The zero-order valence-electron chi connectivity index (χ0n) is 11.5. The lowest BCUT2D eigenvalue weighted by atomic mass is 9.94. The van der Waals surface area contributed by atoms with Crippen LogP contribution in [0.3, 0.4) is 0 Å². The van der Waals surface area contributed by atoms with Crippen molar-refractivity contribution in [3.63, 3.8) is 0 Å². The fourth-order valence-corrected chi connectivity index (χ4v) is 2.03. The molecule has 0 fully saturated rings. The van der Waals surface area contributed by atoms with Gasteiger partial charge < -0.3 is 10.8 Å². The predicted molar refractivity (Wildman–Crippen MR) is 71.7 cm³/mol. The van der Waals surface area contributed by atoms with Gasteiger partial charge in [-0.15, -0.1) is 0 Å². The van der Waals surface area contributed by atoms with Gasteiger partial charge in [0.15, 0.2) is 0 Å². The first kappa shape index (κ1) is 15.1. The number of nitrogens with zero attached hydrogens (tertiary/aromatic N) is 1. The molecule has 0 aliphatic carbocycles. The molecule has 0 saturated carbocycles. The van der Waals surface area contributed by atoms with E-state index in [1.807, 2.05) is 32.7 Å². The van der Waals surface area contributed by atoms with E-state index in [1.165, 1.54) is 12.1 Å². The molecule has 0 radical (unpaired) electrons. The summed E-state index contributed by atoms with van der Waals surface area (Å²) in [5, 5.41) is 9.44. The van der Waals surface area contributed by atoms with Crippen LogP contribution in [0.15, 0.2) is 24.3 Å². The highest BCUT2D eigenvalue weighted by atomic mass is 19.1. The van der Waals surface area contributed by atoms with Crippen molar-refractivity contribution in [2.45, 2.75) is 38.4 Å². The van der Waals surface area contributed by atoms with Crippen molar-refractivity contribution in [1.29, 1.82) is 0 Å². The van der Waals surface area contributed by atoms with Crippen LogP contribution < -0.4 is 5.73 Å². The van der Waals surface area contributed by atoms with Crippen molar-refractivity contribution < 1.29 is 9.50 Å². The van der Waals surface area contributed by atoms with Crippen LogP contribution in [-0.2, 0) is 0 Å². The smallest absolute Gasteiger partial charge is 0.123 e. The van der Waals surface area contributed by atoms with Crippen molar-refractivity contribution >= 4 is 0 Å². The first-order chi connectivity index (χ1) is 8.29. The molecule has 2 atom stereocenters. The molecule has 0 amide bonds. The van der Waals surface area contributed by atoms with E-state index >= 15 is 0 Å². The van der Waals surface area contributed by atoms with Gasteiger partial charge in [0.2, 0.25) is 0 Å². The minimum absolute atomic E-state index is 0.0356. The first-order valence-corrected chi connectivity index (χ1v) is 6.14. The molecule has 3 nitrogen and oxygen atoms in total. The van der Waals surface area contributed by atoms with E-state index in [2.05, 4.69) is 0 Å². The Balaban J connectivity index is 3.07. The molecule has 1 aromatic rings. The van der Waals surface area contributed by atoms with Gasteiger partial charge >= 0.3 is 0 Å². The van der Waals surface area contributed by atoms with E-state index in [0.29, 0.717) is 0 Å².